The van der Waals surface area contributed by atoms with Gasteiger partial charge in [-0.1, -0.05) is 351 Å². The van der Waals surface area contributed by atoms with Gasteiger partial charge in [0.2, 0.25) is 0 Å². The minimum atomic E-state index is -0.784. The maximum absolute atomic E-state index is 12.4. The number of hydrogen-bond donors (Lipinski definition) is 1. The zero-order chi connectivity index (χ0) is 63.3. The number of aliphatic hydroxyl groups excluding tert-OH is 1. The number of carbonyl (C=O) groups excluding carboxylic acids is 2. The zero-order valence-corrected chi connectivity index (χ0v) is 57.2. The Hall–Kier alpha value is -4.74. The fourth-order valence-corrected chi connectivity index (χ4v) is 10.1. The van der Waals surface area contributed by atoms with E-state index >= 15 is 0 Å². The van der Waals surface area contributed by atoms with Crippen LogP contribution >= 0.6 is 0 Å². The molecule has 0 bridgehead atoms. The van der Waals surface area contributed by atoms with E-state index in [9.17, 15) is 14.7 Å². The van der Waals surface area contributed by atoms with E-state index in [0.29, 0.717) is 12.8 Å². The van der Waals surface area contributed by atoms with Crippen LogP contribution in [0, 0.1) is 0 Å². The van der Waals surface area contributed by atoms with Crippen LogP contribution in [0.25, 0.3) is 0 Å². The van der Waals surface area contributed by atoms with E-state index in [4.69, 9.17) is 9.47 Å². The molecular weight excluding hydrogens is 1080 g/mol. The highest BCUT2D eigenvalue weighted by Gasteiger charge is 2.16. The van der Waals surface area contributed by atoms with Crippen LogP contribution in [0.3, 0.4) is 0 Å². The fourth-order valence-electron chi connectivity index (χ4n) is 10.1. The first-order valence-electron chi connectivity index (χ1n) is 36.7. The third-order valence-electron chi connectivity index (χ3n) is 15.5. The Balaban J connectivity index is 3.50. The minimum absolute atomic E-state index is 0.0729. The molecule has 0 aliphatic heterocycles. The van der Waals surface area contributed by atoms with Crippen molar-refractivity contribution in [2.75, 3.05) is 13.2 Å². The van der Waals surface area contributed by atoms with Gasteiger partial charge in [-0.05, 0) is 128 Å². The summed E-state index contributed by atoms with van der Waals surface area (Å²) in [5.41, 5.74) is 0. The van der Waals surface area contributed by atoms with Crippen molar-refractivity contribution >= 4 is 11.9 Å². The van der Waals surface area contributed by atoms with Crippen LogP contribution in [-0.2, 0) is 19.1 Å². The molecule has 0 radical (unpaired) electrons. The minimum Gasteiger partial charge on any atom is -0.462 e. The van der Waals surface area contributed by atoms with Gasteiger partial charge in [0.05, 0.1) is 6.61 Å². The van der Waals surface area contributed by atoms with Crippen LogP contribution in [0.4, 0.5) is 0 Å². The van der Waals surface area contributed by atoms with Gasteiger partial charge in [0.1, 0.15) is 6.61 Å². The first-order chi connectivity index (χ1) is 43.6. The second-order valence-electron chi connectivity index (χ2n) is 23.9. The van der Waals surface area contributed by atoms with E-state index in [-0.39, 0.29) is 25.2 Å². The topological polar surface area (TPSA) is 72.8 Å². The predicted octanol–water partition coefficient (Wildman–Crippen LogP) is 26.0. The average Bonchev–Trinajstić information content (AvgIpc) is 3.56. The average molecular weight is 1210 g/mol. The van der Waals surface area contributed by atoms with Crippen molar-refractivity contribution in [3.8, 4) is 0 Å². The summed E-state index contributed by atoms with van der Waals surface area (Å²) in [7, 11) is 0. The van der Waals surface area contributed by atoms with Crippen LogP contribution in [0.5, 0.6) is 0 Å². The standard InChI is InChI=1S/C83H136O5/c1-3-5-7-9-11-13-15-17-19-21-23-25-27-29-31-33-35-37-38-39-40-41-42-43-44-46-48-50-52-54-56-58-60-62-64-66-68-70-72-74-76-78-83(86)88-81(79-84)80-87-82(85)77-75-73-71-69-67-65-63-61-59-57-55-53-51-49-47-45-36-34-32-30-28-26-24-22-20-18-16-14-12-10-8-6-4-2/h5-8,11-14,17-20,23-26,29-32,35-37,39-40,45,49,51,81,84H,3-4,9-10,15-16,21-22,27-28,33-34,38,41-44,46-48,50,52-80H2,1-2H3/b7-5-,8-6-,13-11-,14-12-,19-17-,20-18-,25-23-,26-24-,31-29-,32-30-,37-35-,40-39-,45-36-,51-49-. The van der Waals surface area contributed by atoms with Crippen LogP contribution in [0.2, 0.25) is 0 Å². The Labute approximate surface area is 544 Å². The van der Waals surface area contributed by atoms with Gasteiger partial charge in [0, 0.05) is 12.8 Å². The molecule has 0 amide bonds. The van der Waals surface area contributed by atoms with Crippen molar-refractivity contribution in [1.29, 1.82) is 0 Å². The fraction of sp³-hybridized carbons (Fsp3) is 0.639. The van der Waals surface area contributed by atoms with Crippen LogP contribution in [0.15, 0.2) is 170 Å². The van der Waals surface area contributed by atoms with E-state index in [1.54, 1.807) is 0 Å². The number of carbonyl (C=O) groups is 2. The molecular formula is C83H136O5. The summed E-state index contributed by atoms with van der Waals surface area (Å²) >= 11 is 0. The third kappa shape index (κ3) is 73.7. The van der Waals surface area contributed by atoms with Crippen molar-refractivity contribution in [3.63, 3.8) is 0 Å². The molecule has 5 heteroatoms. The SMILES string of the molecule is CC/C=C\C/C=C\C/C=C\C/C=C\C/C=C\C/C=C\C/C=C\CCCCCCCCCCCCCCCCCCCCCC(=O)OC(CO)COC(=O)CCCCCCCCCCCCC/C=C\C/C=C\C/C=C\C/C=C\C/C=C\C/C=C\C/C=C\CC. The molecule has 0 rings (SSSR count). The molecule has 498 valence electrons. The van der Waals surface area contributed by atoms with Crippen LogP contribution < -0.4 is 0 Å². The third-order valence-corrected chi connectivity index (χ3v) is 15.5. The molecule has 1 N–H and O–H groups in total. The molecule has 88 heavy (non-hydrogen) atoms. The lowest BCUT2D eigenvalue weighted by Crippen LogP contribution is -2.28. The smallest absolute Gasteiger partial charge is 0.306 e. The number of unbranched alkanes of at least 4 members (excludes halogenated alkanes) is 30. The molecule has 0 spiro atoms. The maximum atomic E-state index is 12.4. The second-order valence-corrected chi connectivity index (χ2v) is 23.9. The van der Waals surface area contributed by atoms with Crippen molar-refractivity contribution in [2.24, 2.45) is 0 Å². The molecule has 0 aliphatic rings. The molecule has 0 aromatic rings. The van der Waals surface area contributed by atoms with Gasteiger partial charge in [-0.25, -0.2) is 0 Å². The van der Waals surface area contributed by atoms with E-state index in [2.05, 4.69) is 184 Å². The summed E-state index contributed by atoms with van der Waals surface area (Å²) in [5, 5.41) is 9.72. The van der Waals surface area contributed by atoms with E-state index < -0.39 is 6.10 Å². The van der Waals surface area contributed by atoms with Gasteiger partial charge in [-0.15, -0.1) is 0 Å². The molecule has 1 unspecified atom stereocenters. The largest absolute Gasteiger partial charge is 0.462 e. The molecule has 0 fully saturated rings. The highest BCUT2D eigenvalue weighted by atomic mass is 16.6. The Morgan fingerprint density at radius 1 is 0.261 bits per heavy atom. The van der Waals surface area contributed by atoms with Gasteiger partial charge in [0.15, 0.2) is 6.10 Å². The molecule has 0 saturated heterocycles. The van der Waals surface area contributed by atoms with Crippen molar-refractivity contribution in [1.82, 2.24) is 0 Å². The highest BCUT2D eigenvalue weighted by Crippen LogP contribution is 2.17. The maximum Gasteiger partial charge on any atom is 0.306 e. The number of hydrogen-bond acceptors (Lipinski definition) is 5. The van der Waals surface area contributed by atoms with Crippen LogP contribution in [0.1, 0.15) is 322 Å². The molecule has 0 saturated carbocycles. The van der Waals surface area contributed by atoms with Crippen LogP contribution in [-0.4, -0.2) is 36.4 Å². The monoisotopic (exact) mass is 1210 g/mol. The summed E-state index contributed by atoms with van der Waals surface area (Å²) in [6, 6.07) is 0. The molecule has 1 atom stereocenters. The number of rotatable bonds is 66. The lowest BCUT2D eigenvalue weighted by molar-refractivity contribution is -0.161. The molecule has 0 aliphatic carbocycles. The van der Waals surface area contributed by atoms with Gasteiger partial charge < -0.3 is 14.6 Å². The highest BCUT2D eigenvalue weighted by molar-refractivity contribution is 5.70. The number of ether oxygens (including phenoxy) is 2. The van der Waals surface area contributed by atoms with E-state index in [1.165, 1.54) is 167 Å². The Bertz CT molecular complexity index is 1910. The van der Waals surface area contributed by atoms with E-state index in [1.807, 2.05) is 0 Å². The van der Waals surface area contributed by atoms with Gasteiger partial charge in [-0.3, -0.25) is 9.59 Å². The number of esters is 2. The van der Waals surface area contributed by atoms with Gasteiger partial charge in [0.25, 0.3) is 0 Å². The quantitative estimate of drug-likeness (QED) is 0.0373. The number of allylic oxidation sites excluding steroid dienone is 28. The van der Waals surface area contributed by atoms with Crippen molar-refractivity contribution < 1.29 is 24.2 Å². The predicted molar refractivity (Wildman–Crippen MR) is 389 cm³/mol. The summed E-state index contributed by atoms with van der Waals surface area (Å²) in [6.45, 7) is 3.93. The molecule has 0 heterocycles. The lowest BCUT2D eigenvalue weighted by atomic mass is 10.0. The number of aliphatic hydroxyl groups is 1. The Morgan fingerprint density at radius 2 is 0.455 bits per heavy atom. The van der Waals surface area contributed by atoms with Crippen molar-refractivity contribution in [3.05, 3.63) is 170 Å². The van der Waals surface area contributed by atoms with E-state index in [0.717, 1.165) is 128 Å². The summed E-state index contributed by atoms with van der Waals surface area (Å²) < 4.78 is 10.8. The summed E-state index contributed by atoms with van der Waals surface area (Å²) in [5.74, 6) is -0.591. The summed E-state index contributed by atoms with van der Waals surface area (Å²) in [6.07, 6.45) is 118. The molecule has 0 aromatic heterocycles. The first kappa shape index (κ1) is 83.3. The normalized spacial score (nSPS) is 13.3. The Morgan fingerprint density at radius 3 is 0.682 bits per heavy atom. The Kier molecular flexibility index (Phi) is 72.4. The molecule has 0 aromatic carbocycles. The van der Waals surface area contributed by atoms with Gasteiger partial charge >= 0.3 is 11.9 Å². The van der Waals surface area contributed by atoms with Gasteiger partial charge in [-0.2, -0.15) is 0 Å². The summed E-state index contributed by atoms with van der Waals surface area (Å²) in [4.78, 5) is 24.7. The zero-order valence-electron chi connectivity index (χ0n) is 57.2. The first-order valence-corrected chi connectivity index (χ1v) is 36.7. The molecule has 5 nitrogen and oxygen atoms in total. The van der Waals surface area contributed by atoms with Crippen molar-refractivity contribution in [2.45, 2.75) is 328 Å². The lowest BCUT2D eigenvalue weighted by Gasteiger charge is -2.15. The second kappa shape index (κ2) is 76.5.